The van der Waals surface area contributed by atoms with Gasteiger partial charge in [0, 0.05) is 16.6 Å². The van der Waals surface area contributed by atoms with Gasteiger partial charge in [0.2, 0.25) is 0 Å². The van der Waals surface area contributed by atoms with Crippen LogP contribution in [0.15, 0.2) is 48.5 Å². The molecule has 1 amide bonds. The standard InChI is InChI=1S/C22H23Cl2NO4/c1-13(2)12-25-20(14-6-8-16(23)9-7-14)21(15-4-3-5-17(24)10-15)29-18(22(25)28)11-19(26)27/h3-10,13,18,20-21H,11-12H2,1-2H3,(H,26,27)/t18-,20-,21-/m1/s1. The van der Waals surface area contributed by atoms with Crippen molar-refractivity contribution in [2.75, 3.05) is 6.54 Å². The Bertz CT molecular complexity index is 885. The van der Waals surface area contributed by atoms with Crippen LogP contribution in [0.4, 0.5) is 0 Å². The van der Waals surface area contributed by atoms with Gasteiger partial charge in [0.05, 0.1) is 12.5 Å². The molecule has 1 saturated heterocycles. The van der Waals surface area contributed by atoms with Crippen molar-refractivity contribution in [3.05, 3.63) is 69.7 Å². The first kappa shape index (κ1) is 21.6. The molecule has 5 nitrogen and oxygen atoms in total. The van der Waals surface area contributed by atoms with Crippen LogP contribution in [0.25, 0.3) is 0 Å². The number of hydrogen-bond donors (Lipinski definition) is 1. The molecule has 7 heteroatoms. The lowest BCUT2D eigenvalue weighted by molar-refractivity contribution is -0.179. The van der Waals surface area contributed by atoms with E-state index in [0.29, 0.717) is 16.6 Å². The van der Waals surface area contributed by atoms with Crippen LogP contribution in [-0.2, 0) is 14.3 Å². The third kappa shape index (κ3) is 5.10. The zero-order chi connectivity index (χ0) is 21.1. The van der Waals surface area contributed by atoms with Crippen LogP contribution in [0.3, 0.4) is 0 Å². The second-order valence-electron chi connectivity index (χ2n) is 7.58. The highest BCUT2D eigenvalue weighted by Crippen LogP contribution is 2.43. The summed E-state index contributed by atoms with van der Waals surface area (Å²) in [6, 6.07) is 14.1. The largest absolute Gasteiger partial charge is 0.481 e. The van der Waals surface area contributed by atoms with Crippen molar-refractivity contribution in [1.29, 1.82) is 0 Å². The summed E-state index contributed by atoms with van der Waals surface area (Å²) in [5, 5.41) is 10.4. The molecule has 0 spiro atoms. The van der Waals surface area contributed by atoms with E-state index in [-0.39, 0.29) is 11.8 Å². The van der Waals surface area contributed by atoms with Gasteiger partial charge in [0.15, 0.2) is 0 Å². The Morgan fingerprint density at radius 2 is 1.79 bits per heavy atom. The quantitative estimate of drug-likeness (QED) is 0.682. The Morgan fingerprint density at radius 1 is 1.10 bits per heavy atom. The molecular weight excluding hydrogens is 413 g/mol. The molecule has 0 unspecified atom stereocenters. The molecule has 1 aliphatic rings. The average molecular weight is 436 g/mol. The van der Waals surface area contributed by atoms with Gasteiger partial charge in [-0.15, -0.1) is 0 Å². The summed E-state index contributed by atoms with van der Waals surface area (Å²) in [7, 11) is 0. The van der Waals surface area contributed by atoms with Gasteiger partial charge in [-0.05, 0) is 41.3 Å². The molecule has 3 rings (SSSR count). The fourth-order valence-corrected chi connectivity index (χ4v) is 3.97. The van der Waals surface area contributed by atoms with Crippen molar-refractivity contribution in [3.63, 3.8) is 0 Å². The van der Waals surface area contributed by atoms with Crippen molar-refractivity contribution in [2.45, 2.75) is 38.5 Å². The van der Waals surface area contributed by atoms with E-state index in [1.165, 1.54) is 0 Å². The zero-order valence-corrected chi connectivity index (χ0v) is 17.7. The SMILES string of the molecule is CC(C)CN1C(=O)[C@@H](CC(=O)O)O[C@H](c2cccc(Cl)c2)[C@H]1c1ccc(Cl)cc1. The summed E-state index contributed by atoms with van der Waals surface area (Å²) in [5.74, 6) is -1.21. The molecule has 1 heterocycles. The van der Waals surface area contributed by atoms with Gasteiger partial charge >= 0.3 is 5.97 Å². The molecule has 2 aromatic rings. The number of carbonyl (C=O) groups excluding carboxylic acids is 1. The van der Waals surface area contributed by atoms with Gasteiger partial charge in [-0.1, -0.05) is 61.3 Å². The molecule has 0 aromatic heterocycles. The van der Waals surface area contributed by atoms with Crippen molar-refractivity contribution in [2.24, 2.45) is 5.92 Å². The minimum atomic E-state index is -1.08. The topological polar surface area (TPSA) is 66.8 Å². The highest BCUT2D eigenvalue weighted by atomic mass is 35.5. The Balaban J connectivity index is 2.11. The van der Waals surface area contributed by atoms with Crippen LogP contribution in [-0.4, -0.2) is 34.5 Å². The van der Waals surface area contributed by atoms with Crippen molar-refractivity contribution in [3.8, 4) is 0 Å². The first-order chi connectivity index (χ1) is 13.8. The van der Waals surface area contributed by atoms with Crippen LogP contribution in [0, 0.1) is 5.92 Å². The third-order valence-electron chi connectivity index (χ3n) is 4.80. The predicted molar refractivity (Wildman–Crippen MR) is 112 cm³/mol. The van der Waals surface area contributed by atoms with E-state index in [9.17, 15) is 14.7 Å². The number of aliphatic carboxylic acids is 1. The first-order valence-corrected chi connectivity index (χ1v) is 10.2. The monoisotopic (exact) mass is 435 g/mol. The minimum Gasteiger partial charge on any atom is -0.481 e. The van der Waals surface area contributed by atoms with Crippen LogP contribution in [0.1, 0.15) is 43.5 Å². The highest BCUT2D eigenvalue weighted by molar-refractivity contribution is 6.30. The Labute approximate surface area is 180 Å². The first-order valence-electron chi connectivity index (χ1n) is 9.45. The Hall–Kier alpha value is -2.08. The number of amides is 1. The number of carboxylic acids is 1. The summed E-state index contributed by atoms with van der Waals surface area (Å²) in [6.45, 7) is 4.51. The maximum absolute atomic E-state index is 13.2. The second-order valence-corrected chi connectivity index (χ2v) is 8.45. The van der Waals surface area contributed by atoms with Crippen molar-refractivity contribution >= 4 is 35.1 Å². The normalized spacial score (nSPS) is 22.2. The number of halogens is 2. The van der Waals surface area contributed by atoms with Crippen LogP contribution in [0.2, 0.25) is 10.0 Å². The van der Waals surface area contributed by atoms with Gasteiger partial charge < -0.3 is 14.7 Å². The number of benzene rings is 2. The molecule has 1 N–H and O–H groups in total. The minimum absolute atomic E-state index is 0.192. The van der Waals surface area contributed by atoms with E-state index < -0.39 is 30.6 Å². The number of morpholine rings is 1. The molecule has 29 heavy (non-hydrogen) atoms. The molecule has 0 radical (unpaired) electrons. The molecule has 1 fully saturated rings. The lowest BCUT2D eigenvalue weighted by atomic mass is 9.90. The molecule has 0 bridgehead atoms. The summed E-state index contributed by atoms with van der Waals surface area (Å²) in [4.78, 5) is 26.3. The van der Waals surface area contributed by atoms with E-state index in [4.69, 9.17) is 27.9 Å². The number of rotatable bonds is 6. The maximum atomic E-state index is 13.2. The molecule has 0 saturated carbocycles. The number of ether oxygens (including phenoxy) is 1. The molecule has 0 aliphatic carbocycles. The van der Waals surface area contributed by atoms with Gasteiger partial charge in [0.25, 0.3) is 5.91 Å². The van der Waals surface area contributed by atoms with Crippen LogP contribution >= 0.6 is 23.2 Å². The summed E-state index contributed by atoms with van der Waals surface area (Å²) < 4.78 is 6.10. The highest BCUT2D eigenvalue weighted by Gasteiger charge is 2.44. The molecular formula is C22H23Cl2NO4. The summed E-state index contributed by atoms with van der Waals surface area (Å²) in [5.41, 5.74) is 1.65. The Kier molecular flexibility index (Phi) is 6.83. The van der Waals surface area contributed by atoms with Crippen molar-refractivity contribution in [1.82, 2.24) is 4.90 Å². The van der Waals surface area contributed by atoms with E-state index in [1.807, 2.05) is 38.1 Å². The summed E-state index contributed by atoms with van der Waals surface area (Å²) in [6.07, 6.45) is -2.01. The summed E-state index contributed by atoms with van der Waals surface area (Å²) >= 11 is 12.3. The smallest absolute Gasteiger partial charge is 0.306 e. The predicted octanol–water partition coefficient (Wildman–Crippen LogP) is 5.13. The zero-order valence-electron chi connectivity index (χ0n) is 16.2. The van der Waals surface area contributed by atoms with E-state index in [1.54, 1.807) is 29.2 Å². The van der Waals surface area contributed by atoms with Crippen molar-refractivity contribution < 1.29 is 19.4 Å². The van der Waals surface area contributed by atoms with Gasteiger partial charge in [-0.25, -0.2) is 0 Å². The number of carboxylic acid groups (broad SMARTS) is 1. The lowest BCUT2D eigenvalue weighted by Gasteiger charge is -2.45. The third-order valence-corrected chi connectivity index (χ3v) is 5.29. The average Bonchev–Trinajstić information content (AvgIpc) is 2.65. The second kappa shape index (κ2) is 9.16. The molecule has 154 valence electrons. The number of nitrogens with zero attached hydrogens (tertiary/aromatic N) is 1. The van der Waals surface area contributed by atoms with E-state index >= 15 is 0 Å². The number of hydrogen-bond acceptors (Lipinski definition) is 3. The maximum Gasteiger partial charge on any atom is 0.306 e. The molecule has 2 aromatic carbocycles. The van der Waals surface area contributed by atoms with Gasteiger partial charge in [0.1, 0.15) is 12.2 Å². The fourth-order valence-electron chi connectivity index (χ4n) is 3.65. The van der Waals surface area contributed by atoms with Gasteiger partial charge in [-0.2, -0.15) is 0 Å². The van der Waals surface area contributed by atoms with E-state index in [2.05, 4.69) is 0 Å². The lowest BCUT2D eigenvalue weighted by Crippen LogP contribution is -2.52. The fraction of sp³-hybridized carbons (Fsp3) is 0.364. The number of carbonyl (C=O) groups is 2. The van der Waals surface area contributed by atoms with Crippen LogP contribution < -0.4 is 0 Å². The molecule has 1 aliphatic heterocycles. The van der Waals surface area contributed by atoms with Crippen LogP contribution in [0.5, 0.6) is 0 Å². The van der Waals surface area contributed by atoms with Gasteiger partial charge in [-0.3, -0.25) is 9.59 Å². The van der Waals surface area contributed by atoms with E-state index in [0.717, 1.165) is 11.1 Å². The molecule has 3 atom stereocenters. The Morgan fingerprint density at radius 3 is 2.38 bits per heavy atom.